The monoisotopic (exact) mass is 284 g/mol. The van der Waals surface area contributed by atoms with E-state index in [1.807, 2.05) is 0 Å². The van der Waals surface area contributed by atoms with Gasteiger partial charge in [-0.2, -0.15) is 0 Å². The molecule has 0 saturated heterocycles. The number of amides is 1. The summed E-state index contributed by atoms with van der Waals surface area (Å²) in [5, 5.41) is 2.74. The van der Waals surface area contributed by atoms with Crippen molar-refractivity contribution in [3.63, 3.8) is 0 Å². The highest BCUT2D eigenvalue weighted by Gasteiger charge is 2.20. The molecule has 0 aliphatic heterocycles. The number of hydrogen-bond acceptors (Lipinski definition) is 2. The first-order valence-corrected chi connectivity index (χ1v) is 6.76. The fraction of sp³-hybridized carbons (Fsp3) is 0.533. The molecule has 0 aliphatic rings. The van der Waals surface area contributed by atoms with Crippen molar-refractivity contribution in [1.29, 1.82) is 0 Å². The maximum Gasteiger partial charge on any atom is 0.253 e. The van der Waals surface area contributed by atoms with Crippen LogP contribution in [-0.4, -0.2) is 12.5 Å². The molecule has 1 rings (SSSR count). The Balaban J connectivity index is 2.79. The van der Waals surface area contributed by atoms with E-state index in [9.17, 15) is 13.6 Å². The minimum atomic E-state index is -1.08. The predicted molar refractivity (Wildman–Crippen MR) is 76.3 cm³/mol. The zero-order chi connectivity index (χ0) is 15.4. The first-order valence-electron chi connectivity index (χ1n) is 6.76. The van der Waals surface area contributed by atoms with Crippen molar-refractivity contribution in [2.45, 2.75) is 27.7 Å². The standard InChI is InChI=1S/C15H22F2N2O/c1-8(2)11(9(3)4)7-19-15(20)10-5-12(16)13(17)6-14(10)18/h5-6,8-9,11H,7,18H2,1-4H3,(H,19,20). The summed E-state index contributed by atoms with van der Waals surface area (Å²) in [5.74, 6) is -1.47. The summed E-state index contributed by atoms with van der Waals surface area (Å²) in [7, 11) is 0. The molecule has 0 aliphatic carbocycles. The van der Waals surface area contributed by atoms with E-state index in [2.05, 4.69) is 33.0 Å². The Morgan fingerprint density at radius 3 is 2.15 bits per heavy atom. The number of nitrogens with two attached hydrogens (primary N) is 1. The third-order valence-electron chi connectivity index (χ3n) is 3.55. The van der Waals surface area contributed by atoms with Crippen molar-refractivity contribution in [2.24, 2.45) is 17.8 Å². The van der Waals surface area contributed by atoms with Crippen LogP contribution in [0.25, 0.3) is 0 Å². The molecule has 0 spiro atoms. The number of nitrogens with one attached hydrogen (secondary N) is 1. The minimum Gasteiger partial charge on any atom is -0.398 e. The molecule has 3 N–H and O–H groups in total. The minimum absolute atomic E-state index is 0.0323. The molecule has 5 heteroatoms. The number of carbonyl (C=O) groups is 1. The Morgan fingerprint density at radius 1 is 1.15 bits per heavy atom. The highest BCUT2D eigenvalue weighted by molar-refractivity contribution is 5.99. The van der Waals surface area contributed by atoms with Gasteiger partial charge < -0.3 is 11.1 Å². The van der Waals surface area contributed by atoms with Gasteiger partial charge in [0, 0.05) is 18.3 Å². The molecule has 0 aromatic heterocycles. The summed E-state index contributed by atoms with van der Waals surface area (Å²) in [4.78, 5) is 12.0. The second-order valence-corrected chi connectivity index (χ2v) is 5.72. The van der Waals surface area contributed by atoms with Crippen LogP contribution in [0.2, 0.25) is 0 Å². The van der Waals surface area contributed by atoms with E-state index in [4.69, 9.17) is 5.73 Å². The lowest BCUT2D eigenvalue weighted by Crippen LogP contribution is -2.34. The molecule has 0 radical (unpaired) electrons. The highest BCUT2D eigenvalue weighted by Crippen LogP contribution is 2.20. The quantitative estimate of drug-likeness (QED) is 0.816. The summed E-state index contributed by atoms with van der Waals surface area (Å²) in [6, 6.07) is 1.66. The Morgan fingerprint density at radius 2 is 1.65 bits per heavy atom. The molecule has 1 amide bonds. The van der Waals surface area contributed by atoms with Gasteiger partial charge in [-0.05, 0) is 23.8 Å². The van der Waals surface area contributed by atoms with Crippen molar-refractivity contribution >= 4 is 11.6 Å². The molecular formula is C15H22F2N2O. The number of rotatable bonds is 5. The number of nitrogen functional groups attached to an aromatic ring is 1. The maximum absolute atomic E-state index is 13.2. The van der Waals surface area contributed by atoms with Crippen LogP contribution in [0.3, 0.4) is 0 Å². The highest BCUT2D eigenvalue weighted by atomic mass is 19.2. The zero-order valence-electron chi connectivity index (χ0n) is 12.3. The number of anilines is 1. The molecule has 0 saturated carbocycles. The van der Waals surface area contributed by atoms with Crippen LogP contribution >= 0.6 is 0 Å². The summed E-state index contributed by atoms with van der Waals surface area (Å²) >= 11 is 0. The van der Waals surface area contributed by atoms with Gasteiger partial charge in [0.2, 0.25) is 0 Å². The van der Waals surface area contributed by atoms with Crippen LogP contribution in [0.4, 0.5) is 14.5 Å². The molecule has 112 valence electrons. The third kappa shape index (κ3) is 3.92. The predicted octanol–water partition coefficient (Wildman–Crippen LogP) is 3.21. The maximum atomic E-state index is 13.2. The topological polar surface area (TPSA) is 55.1 Å². The van der Waals surface area contributed by atoms with Crippen LogP contribution < -0.4 is 11.1 Å². The molecule has 20 heavy (non-hydrogen) atoms. The van der Waals surface area contributed by atoms with Crippen molar-refractivity contribution in [2.75, 3.05) is 12.3 Å². The fourth-order valence-corrected chi connectivity index (χ4v) is 2.31. The van der Waals surface area contributed by atoms with E-state index in [0.29, 0.717) is 24.3 Å². The van der Waals surface area contributed by atoms with E-state index in [1.165, 1.54) is 0 Å². The second kappa shape index (κ2) is 6.68. The van der Waals surface area contributed by atoms with Gasteiger partial charge in [-0.3, -0.25) is 4.79 Å². The van der Waals surface area contributed by atoms with Crippen molar-refractivity contribution in [1.82, 2.24) is 5.32 Å². The SMILES string of the molecule is CC(C)C(CNC(=O)c1cc(F)c(F)cc1N)C(C)C. The molecule has 3 nitrogen and oxygen atoms in total. The number of benzene rings is 1. The van der Waals surface area contributed by atoms with Gasteiger partial charge in [-0.1, -0.05) is 27.7 Å². The molecule has 1 aromatic rings. The lowest BCUT2D eigenvalue weighted by molar-refractivity contribution is 0.0937. The van der Waals surface area contributed by atoms with Crippen molar-refractivity contribution in [3.8, 4) is 0 Å². The fourth-order valence-electron chi connectivity index (χ4n) is 2.31. The molecule has 0 heterocycles. The number of hydrogen-bond donors (Lipinski definition) is 2. The zero-order valence-corrected chi connectivity index (χ0v) is 12.3. The smallest absolute Gasteiger partial charge is 0.253 e. The second-order valence-electron chi connectivity index (χ2n) is 5.72. The van der Waals surface area contributed by atoms with Gasteiger partial charge in [0.1, 0.15) is 0 Å². The van der Waals surface area contributed by atoms with Crippen LogP contribution in [0.1, 0.15) is 38.1 Å². The molecule has 0 atom stereocenters. The van der Waals surface area contributed by atoms with E-state index < -0.39 is 17.5 Å². The molecular weight excluding hydrogens is 262 g/mol. The Labute approximate surface area is 118 Å². The molecule has 0 unspecified atom stereocenters. The van der Waals surface area contributed by atoms with Gasteiger partial charge in [-0.25, -0.2) is 8.78 Å². The van der Waals surface area contributed by atoms with Gasteiger partial charge >= 0.3 is 0 Å². The van der Waals surface area contributed by atoms with Crippen molar-refractivity contribution in [3.05, 3.63) is 29.3 Å². The molecule has 0 bridgehead atoms. The van der Waals surface area contributed by atoms with E-state index >= 15 is 0 Å². The van der Waals surface area contributed by atoms with Gasteiger partial charge in [0.05, 0.1) is 5.56 Å². The largest absolute Gasteiger partial charge is 0.398 e. The lowest BCUT2D eigenvalue weighted by Gasteiger charge is -2.25. The first kappa shape index (κ1) is 16.4. The average Bonchev–Trinajstić information content (AvgIpc) is 2.32. The van der Waals surface area contributed by atoms with Crippen molar-refractivity contribution < 1.29 is 13.6 Å². The van der Waals surface area contributed by atoms with E-state index in [1.54, 1.807) is 0 Å². The van der Waals surface area contributed by atoms with Gasteiger partial charge in [0.15, 0.2) is 11.6 Å². The lowest BCUT2D eigenvalue weighted by atomic mass is 9.85. The number of halogens is 2. The summed E-state index contributed by atoms with van der Waals surface area (Å²) in [6.07, 6.45) is 0. The summed E-state index contributed by atoms with van der Waals surface area (Å²) in [5.41, 5.74) is 5.45. The summed E-state index contributed by atoms with van der Waals surface area (Å²) in [6.45, 7) is 8.82. The number of carbonyl (C=O) groups excluding carboxylic acids is 1. The Hall–Kier alpha value is -1.65. The van der Waals surface area contributed by atoms with E-state index in [-0.39, 0.29) is 11.3 Å². The van der Waals surface area contributed by atoms with Gasteiger partial charge in [-0.15, -0.1) is 0 Å². The van der Waals surface area contributed by atoms with E-state index in [0.717, 1.165) is 12.1 Å². The van der Waals surface area contributed by atoms with Crippen LogP contribution in [0.15, 0.2) is 12.1 Å². The van der Waals surface area contributed by atoms with Crippen LogP contribution in [0.5, 0.6) is 0 Å². The van der Waals surface area contributed by atoms with Gasteiger partial charge in [0.25, 0.3) is 5.91 Å². The summed E-state index contributed by atoms with van der Waals surface area (Å²) < 4.78 is 26.1. The average molecular weight is 284 g/mol. The third-order valence-corrected chi connectivity index (χ3v) is 3.55. The van der Waals surface area contributed by atoms with Crippen LogP contribution in [0, 0.1) is 29.4 Å². The Kier molecular flexibility index (Phi) is 5.48. The Bertz CT molecular complexity index is 479. The van der Waals surface area contributed by atoms with Crippen LogP contribution in [-0.2, 0) is 0 Å². The molecule has 0 fully saturated rings. The molecule has 1 aromatic carbocycles. The first-order chi connectivity index (χ1) is 9.23. The normalized spacial score (nSPS) is 11.4.